The average Bonchev–Trinajstić information content (AvgIpc) is 2.17. The maximum absolute atomic E-state index is 5.45. The molecule has 0 saturated heterocycles. The van der Waals surface area contributed by atoms with E-state index in [-0.39, 0.29) is 6.10 Å². The molecule has 0 aliphatic heterocycles. The van der Waals surface area contributed by atoms with E-state index in [1.807, 2.05) is 38.1 Å². The van der Waals surface area contributed by atoms with Gasteiger partial charge in [0, 0.05) is 0 Å². The van der Waals surface area contributed by atoms with Crippen molar-refractivity contribution in [3.05, 3.63) is 30.5 Å². The topological polar surface area (TPSA) is 35.0 Å². The molecule has 0 N–H and O–H groups in total. The number of para-hydroxylation sites is 2. The molecule has 1 aromatic heterocycles. The van der Waals surface area contributed by atoms with Gasteiger partial charge in [-0.15, -0.1) is 0 Å². The second kappa shape index (κ2) is 3.62. The van der Waals surface area contributed by atoms with Crippen LogP contribution < -0.4 is 4.74 Å². The summed E-state index contributed by atoms with van der Waals surface area (Å²) in [4.78, 5) is 8.58. The number of aromatic nitrogens is 2. The molecule has 0 aliphatic rings. The Bertz CT molecular complexity index is 440. The van der Waals surface area contributed by atoms with Crippen LogP contribution in [0.15, 0.2) is 30.5 Å². The van der Waals surface area contributed by atoms with E-state index in [0.29, 0.717) is 5.88 Å². The first-order chi connectivity index (χ1) is 6.75. The van der Waals surface area contributed by atoms with Crippen molar-refractivity contribution in [1.82, 2.24) is 9.97 Å². The van der Waals surface area contributed by atoms with E-state index in [1.165, 1.54) is 0 Å². The fourth-order valence-corrected chi connectivity index (χ4v) is 1.24. The predicted molar refractivity (Wildman–Crippen MR) is 55.3 cm³/mol. The normalized spacial score (nSPS) is 10.8. The molecule has 72 valence electrons. The lowest BCUT2D eigenvalue weighted by Crippen LogP contribution is -2.07. The van der Waals surface area contributed by atoms with Gasteiger partial charge < -0.3 is 4.74 Å². The third-order valence-corrected chi connectivity index (χ3v) is 1.78. The van der Waals surface area contributed by atoms with Gasteiger partial charge in [0.2, 0.25) is 5.88 Å². The molecule has 0 aliphatic carbocycles. The molecule has 1 aromatic carbocycles. The summed E-state index contributed by atoms with van der Waals surface area (Å²) < 4.78 is 5.45. The number of rotatable bonds is 2. The van der Waals surface area contributed by atoms with Crippen LogP contribution in [0, 0.1) is 0 Å². The molecule has 0 radical (unpaired) electrons. The molecule has 0 atom stereocenters. The highest BCUT2D eigenvalue weighted by Gasteiger charge is 2.01. The Balaban J connectivity index is 2.41. The molecule has 3 heteroatoms. The van der Waals surface area contributed by atoms with Gasteiger partial charge >= 0.3 is 0 Å². The van der Waals surface area contributed by atoms with Crippen LogP contribution >= 0.6 is 0 Å². The SMILES string of the molecule is CC(C)Oc1cnc2ccccc2n1. The minimum absolute atomic E-state index is 0.130. The van der Waals surface area contributed by atoms with E-state index in [0.717, 1.165) is 11.0 Å². The maximum atomic E-state index is 5.45. The molecule has 0 saturated carbocycles. The summed E-state index contributed by atoms with van der Waals surface area (Å²) >= 11 is 0. The zero-order valence-corrected chi connectivity index (χ0v) is 8.27. The van der Waals surface area contributed by atoms with Crippen LogP contribution in [0.5, 0.6) is 5.88 Å². The van der Waals surface area contributed by atoms with Crippen LogP contribution in [-0.4, -0.2) is 16.1 Å². The monoisotopic (exact) mass is 188 g/mol. The van der Waals surface area contributed by atoms with Gasteiger partial charge in [-0.2, -0.15) is 0 Å². The van der Waals surface area contributed by atoms with Gasteiger partial charge in [0.1, 0.15) is 0 Å². The lowest BCUT2D eigenvalue weighted by atomic mass is 10.3. The smallest absolute Gasteiger partial charge is 0.233 e. The van der Waals surface area contributed by atoms with Gasteiger partial charge in [-0.1, -0.05) is 12.1 Å². The summed E-state index contributed by atoms with van der Waals surface area (Å²) in [5, 5.41) is 0. The number of fused-ring (bicyclic) bond motifs is 1. The van der Waals surface area contributed by atoms with E-state index in [1.54, 1.807) is 6.20 Å². The van der Waals surface area contributed by atoms with Gasteiger partial charge in [-0.05, 0) is 26.0 Å². The molecule has 14 heavy (non-hydrogen) atoms. The van der Waals surface area contributed by atoms with E-state index in [9.17, 15) is 0 Å². The van der Waals surface area contributed by atoms with Crippen LogP contribution in [0.3, 0.4) is 0 Å². The molecule has 0 spiro atoms. The quantitative estimate of drug-likeness (QED) is 0.726. The zero-order chi connectivity index (χ0) is 9.97. The van der Waals surface area contributed by atoms with Gasteiger partial charge in [0.05, 0.1) is 23.3 Å². The Labute approximate surface area is 82.8 Å². The van der Waals surface area contributed by atoms with Crippen LogP contribution in [0.25, 0.3) is 11.0 Å². The first-order valence-electron chi connectivity index (χ1n) is 4.64. The predicted octanol–water partition coefficient (Wildman–Crippen LogP) is 2.42. The van der Waals surface area contributed by atoms with Gasteiger partial charge in [-0.3, -0.25) is 0 Å². The molecule has 3 nitrogen and oxygen atoms in total. The second-order valence-electron chi connectivity index (χ2n) is 3.36. The van der Waals surface area contributed by atoms with Crippen LogP contribution in [0.4, 0.5) is 0 Å². The Hall–Kier alpha value is -1.64. The largest absolute Gasteiger partial charge is 0.474 e. The Morgan fingerprint density at radius 2 is 1.86 bits per heavy atom. The fraction of sp³-hybridized carbons (Fsp3) is 0.273. The van der Waals surface area contributed by atoms with E-state index in [4.69, 9.17) is 4.74 Å². The van der Waals surface area contributed by atoms with E-state index < -0.39 is 0 Å². The molecule has 0 bridgehead atoms. The minimum atomic E-state index is 0.130. The van der Waals surface area contributed by atoms with E-state index in [2.05, 4.69) is 9.97 Å². The van der Waals surface area contributed by atoms with Crippen molar-refractivity contribution in [2.45, 2.75) is 20.0 Å². The summed E-state index contributed by atoms with van der Waals surface area (Å²) in [6.45, 7) is 3.94. The number of hydrogen-bond donors (Lipinski definition) is 0. The second-order valence-corrected chi connectivity index (χ2v) is 3.36. The van der Waals surface area contributed by atoms with Crippen molar-refractivity contribution in [1.29, 1.82) is 0 Å². The molecular formula is C11H12N2O. The summed E-state index contributed by atoms with van der Waals surface area (Å²) in [6, 6.07) is 7.74. The van der Waals surface area contributed by atoms with Crippen molar-refractivity contribution in [2.24, 2.45) is 0 Å². The van der Waals surface area contributed by atoms with Gasteiger partial charge in [0.25, 0.3) is 0 Å². The third kappa shape index (κ3) is 1.82. The summed E-state index contributed by atoms with van der Waals surface area (Å²) in [6.07, 6.45) is 1.79. The number of hydrogen-bond acceptors (Lipinski definition) is 3. The van der Waals surface area contributed by atoms with Crippen LogP contribution in [-0.2, 0) is 0 Å². The summed E-state index contributed by atoms with van der Waals surface area (Å²) in [5.41, 5.74) is 1.76. The standard InChI is InChI=1S/C11H12N2O/c1-8(2)14-11-7-12-9-5-3-4-6-10(9)13-11/h3-8H,1-2H3. The van der Waals surface area contributed by atoms with Crippen LogP contribution in [0.2, 0.25) is 0 Å². The Morgan fingerprint density at radius 3 is 2.57 bits per heavy atom. The van der Waals surface area contributed by atoms with Crippen molar-refractivity contribution < 1.29 is 4.74 Å². The van der Waals surface area contributed by atoms with Crippen molar-refractivity contribution in [3.8, 4) is 5.88 Å². The van der Waals surface area contributed by atoms with Crippen molar-refractivity contribution in [2.75, 3.05) is 0 Å². The summed E-state index contributed by atoms with van der Waals surface area (Å²) in [7, 11) is 0. The fourth-order valence-electron chi connectivity index (χ4n) is 1.24. The van der Waals surface area contributed by atoms with E-state index >= 15 is 0 Å². The highest BCUT2D eigenvalue weighted by Crippen LogP contribution is 2.13. The highest BCUT2D eigenvalue weighted by molar-refractivity contribution is 5.73. The van der Waals surface area contributed by atoms with Gasteiger partial charge in [-0.25, -0.2) is 9.97 Å². The average molecular weight is 188 g/mol. The van der Waals surface area contributed by atoms with Crippen molar-refractivity contribution >= 4 is 11.0 Å². The number of benzene rings is 1. The molecule has 1 heterocycles. The molecular weight excluding hydrogens is 176 g/mol. The Morgan fingerprint density at radius 1 is 1.14 bits per heavy atom. The number of ether oxygens (including phenoxy) is 1. The first-order valence-corrected chi connectivity index (χ1v) is 4.64. The zero-order valence-electron chi connectivity index (χ0n) is 8.27. The summed E-state index contributed by atoms with van der Waals surface area (Å²) in [5.74, 6) is 0.582. The van der Waals surface area contributed by atoms with Gasteiger partial charge in [0.15, 0.2) is 0 Å². The molecule has 2 rings (SSSR count). The Kier molecular flexibility index (Phi) is 2.31. The lowest BCUT2D eigenvalue weighted by molar-refractivity contribution is 0.232. The lowest BCUT2D eigenvalue weighted by Gasteiger charge is -2.08. The minimum Gasteiger partial charge on any atom is -0.474 e. The van der Waals surface area contributed by atoms with Crippen molar-refractivity contribution in [3.63, 3.8) is 0 Å². The number of nitrogens with zero attached hydrogens (tertiary/aromatic N) is 2. The van der Waals surface area contributed by atoms with Crippen LogP contribution in [0.1, 0.15) is 13.8 Å². The molecule has 0 fully saturated rings. The molecule has 0 unspecified atom stereocenters. The molecule has 0 amide bonds. The molecule has 2 aromatic rings. The maximum Gasteiger partial charge on any atom is 0.233 e. The third-order valence-electron chi connectivity index (χ3n) is 1.78. The highest BCUT2D eigenvalue weighted by atomic mass is 16.5. The first kappa shape index (κ1) is 8.94.